The molecular weight excluding hydrogens is 460 g/mol. The highest BCUT2D eigenvalue weighted by atomic mass is 35.5. The zero-order chi connectivity index (χ0) is 22.8. The molecule has 0 bridgehead atoms. The SMILES string of the molecule is O=C(/C=C/c1ccccc1F)N1CCN(S(=O)(=O)c2ccc(Cl)c(C(F)(F)F)c2)CC1. The van der Waals surface area contributed by atoms with Gasteiger partial charge < -0.3 is 4.90 Å². The van der Waals surface area contributed by atoms with Gasteiger partial charge >= 0.3 is 6.18 Å². The van der Waals surface area contributed by atoms with Crippen molar-refractivity contribution in [3.63, 3.8) is 0 Å². The number of carbonyl (C=O) groups is 1. The third-order valence-corrected chi connectivity index (χ3v) is 6.97. The van der Waals surface area contributed by atoms with Crippen LogP contribution >= 0.6 is 11.6 Å². The molecule has 31 heavy (non-hydrogen) atoms. The minimum Gasteiger partial charge on any atom is -0.337 e. The van der Waals surface area contributed by atoms with E-state index in [9.17, 15) is 30.8 Å². The first-order valence-electron chi connectivity index (χ1n) is 9.08. The van der Waals surface area contributed by atoms with Crippen LogP contribution in [0.4, 0.5) is 17.6 Å². The summed E-state index contributed by atoms with van der Waals surface area (Å²) in [5, 5.41) is -0.594. The second-order valence-electron chi connectivity index (χ2n) is 6.72. The van der Waals surface area contributed by atoms with Crippen LogP contribution in [0, 0.1) is 5.82 Å². The Morgan fingerprint density at radius 2 is 1.68 bits per heavy atom. The average Bonchev–Trinajstić information content (AvgIpc) is 2.72. The van der Waals surface area contributed by atoms with Crippen molar-refractivity contribution in [2.24, 2.45) is 0 Å². The zero-order valence-electron chi connectivity index (χ0n) is 15.9. The summed E-state index contributed by atoms with van der Waals surface area (Å²) in [6.45, 7) is -0.101. The number of nitrogens with zero attached hydrogens (tertiary/aromatic N) is 2. The van der Waals surface area contributed by atoms with Crippen LogP contribution in [0.5, 0.6) is 0 Å². The predicted molar refractivity (Wildman–Crippen MR) is 107 cm³/mol. The van der Waals surface area contributed by atoms with E-state index >= 15 is 0 Å². The average molecular weight is 477 g/mol. The largest absolute Gasteiger partial charge is 0.417 e. The molecule has 1 aliphatic heterocycles. The summed E-state index contributed by atoms with van der Waals surface area (Å²) in [5.41, 5.74) is -0.998. The molecule has 1 fully saturated rings. The number of alkyl halides is 3. The van der Waals surface area contributed by atoms with Crippen LogP contribution in [0.3, 0.4) is 0 Å². The van der Waals surface area contributed by atoms with Crippen LogP contribution in [0.15, 0.2) is 53.4 Å². The Kier molecular flexibility index (Phi) is 6.73. The van der Waals surface area contributed by atoms with Crippen LogP contribution in [-0.2, 0) is 21.0 Å². The monoisotopic (exact) mass is 476 g/mol. The van der Waals surface area contributed by atoms with Crippen molar-refractivity contribution >= 4 is 33.6 Å². The van der Waals surface area contributed by atoms with E-state index in [4.69, 9.17) is 11.6 Å². The molecule has 2 aromatic rings. The Balaban J connectivity index is 1.69. The van der Waals surface area contributed by atoms with Gasteiger partial charge in [-0.15, -0.1) is 0 Å². The number of benzene rings is 2. The summed E-state index contributed by atoms with van der Waals surface area (Å²) in [7, 11) is -4.20. The molecular formula is C20H17ClF4N2O3S. The molecule has 2 aromatic carbocycles. The van der Waals surface area contributed by atoms with Gasteiger partial charge in [-0.05, 0) is 30.3 Å². The maximum absolute atomic E-state index is 13.6. The fourth-order valence-corrected chi connectivity index (χ4v) is 4.73. The van der Waals surface area contributed by atoms with Crippen molar-refractivity contribution in [2.75, 3.05) is 26.2 Å². The molecule has 5 nitrogen and oxygen atoms in total. The van der Waals surface area contributed by atoms with Crippen molar-refractivity contribution in [3.8, 4) is 0 Å². The Hall–Kier alpha value is -2.43. The Morgan fingerprint density at radius 3 is 2.29 bits per heavy atom. The van der Waals surface area contributed by atoms with E-state index in [2.05, 4.69) is 0 Å². The van der Waals surface area contributed by atoms with Crippen molar-refractivity contribution in [2.45, 2.75) is 11.1 Å². The van der Waals surface area contributed by atoms with Gasteiger partial charge in [-0.1, -0.05) is 29.8 Å². The van der Waals surface area contributed by atoms with E-state index < -0.39 is 43.4 Å². The highest BCUT2D eigenvalue weighted by Gasteiger charge is 2.36. The van der Waals surface area contributed by atoms with Crippen molar-refractivity contribution in [3.05, 3.63) is 70.5 Å². The lowest BCUT2D eigenvalue weighted by Crippen LogP contribution is -2.50. The fourth-order valence-electron chi connectivity index (χ4n) is 3.06. The van der Waals surface area contributed by atoms with E-state index in [1.54, 1.807) is 6.07 Å². The molecule has 0 atom stereocenters. The molecule has 0 spiro atoms. The fraction of sp³-hybridized carbons (Fsp3) is 0.250. The Labute approximate surface area is 181 Å². The van der Waals surface area contributed by atoms with E-state index in [0.717, 1.165) is 16.4 Å². The lowest BCUT2D eigenvalue weighted by Gasteiger charge is -2.33. The van der Waals surface area contributed by atoms with Crippen LogP contribution < -0.4 is 0 Å². The molecule has 0 radical (unpaired) electrons. The summed E-state index contributed by atoms with van der Waals surface area (Å²) in [4.78, 5) is 13.2. The number of hydrogen-bond acceptors (Lipinski definition) is 3. The number of sulfonamides is 1. The van der Waals surface area contributed by atoms with Crippen LogP contribution in [0.1, 0.15) is 11.1 Å². The molecule has 0 aliphatic carbocycles. The number of hydrogen-bond donors (Lipinski definition) is 0. The van der Waals surface area contributed by atoms with Gasteiger partial charge in [0.15, 0.2) is 0 Å². The second kappa shape index (κ2) is 8.97. The Morgan fingerprint density at radius 1 is 1.03 bits per heavy atom. The number of amides is 1. The molecule has 1 heterocycles. The lowest BCUT2D eigenvalue weighted by atomic mass is 10.2. The first-order valence-corrected chi connectivity index (χ1v) is 10.9. The summed E-state index contributed by atoms with van der Waals surface area (Å²) in [6, 6.07) is 8.32. The summed E-state index contributed by atoms with van der Waals surface area (Å²) < 4.78 is 79.3. The molecule has 0 N–H and O–H groups in total. The maximum Gasteiger partial charge on any atom is 0.417 e. The van der Waals surface area contributed by atoms with E-state index in [1.165, 1.54) is 35.3 Å². The van der Waals surface area contributed by atoms with E-state index in [0.29, 0.717) is 6.07 Å². The van der Waals surface area contributed by atoms with Crippen molar-refractivity contribution in [1.82, 2.24) is 9.21 Å². The van der Waals surface area contributed by atoms with Crippen molar-refractivity contribution in [1.29, 1.82) is 0 Å². The van der Waals surface area contributed by atoms with Crippen molar-refractivity contribution < 1.29 is 30.8 Å². The first kappa shape index (κ1) is 23.2. The molecule has 1 aliphatic rings. The number of halogens is 5. The minimum atomic E-state index is -4.79. The van der Waals surface area contributed by atoms with Gasteiger partial charge in [0.25, 0.3) is 0 Å². The van der Waals surface area contributed by atoms with Crippen LogP contribution in [-0.4, -0.2) is 49.7 Å². The van der Waals surface area contributed by atoms with Gasteiger partial charge in [0.2, 0.25) is 15.9 Å². The van der Waals surface area contributed by atoms with Gasteiger partial charge in [-0.2, -0.15) is 17.5 Å². The third-order valence-electron chi connectivity index (χ3n) is 4.74. The highest BCUT2D eigenvalue weighted by molar-refractivity contribution is 7.89. The first-order chi connectivity index (χ1) is 14.5. The molecule has 0 aromatic heterocycles. The van der Waals surface area contributed by atoms with E-state index in [1.807, 2.05) is 0 Å². The number of piperazine rings is 1. The molecule has 0 unspecified atom stereocenters. The topological polar surface area (TPSA) is 57.7 Å². The predicted octanol–water partition coefficient (Wildman–Crippen LogP) is 4.04. The quantitative estimate of drug-likeness (QED) is 0.494. The summed E-state index contributed by atoms with van der Waals surface area (Å²) in [6.07, 6.45) is -2.27. The van der Waals surface area contributed by atoms with Gasteiger partial charge in [0, 0.05) is 37.8 Å². The zero-order valence-corrected chi connectivity index (χ0v) is 17.5. The molecule has 0 saturated carbocycles. The smallest absolute Gasteiger partial charge is 0.337 e. The lowest BCUT2D eigenvalue weighted by molar-refractivity contribution is -0.137. The third kappa shape index (κ3) is 5.25. The molecule has 166 valence electrons. The summed E-state index contributed by atoms with van der Waals surface area (Å²) >= 11 is 5.55. The van der Waals surface area contributed by atoms with Gasteiger partial charge in [0.1, 0.15) is 5.82 Å². The van der Waals surface area contributed by atoms with Crippen LogP contribution in [0.2, 0.25) is 5.02 Å². The van der Waals surface area contributed by atoms with Crippen LogP contribution in [0.25, 0.3) is 6.08 Å². The normalized spacial score (nSPS) is 16.1. The molecule has 1 saturated heterocycles. The number of rotatable bonds is 4. The van der Waals surface area contributed by atoms with Gasteiger partial charge in [-0.3, -0.25) is 4.79 Å². The molecule has 3 rings (SSSR count). The van der Waals surface area contributed by atoms with E-state index in [-0.39, 0.29) is 31.7 Å². The molecule has 11 heteroatoms. The standard InChI is InChI=1S/C20H17ClF4N2O3S/c21-17-7-6-15(13-16(17)20(23,24)25)31(29,30)27-11-9-26(10-12-27)19(28)8-5-14-3-1-2-4-18(14)22/h1-8,13H,9-12H2/b8-5+. The second-order valence-corrected chi connectivity index (χ2v) is 9.07. The molecule has 1 amide bonds. The number of carbonyl (C=O) groups excluding carboxylic acids is 1. The highest BCUT2D eigenvalue weighted by Crippen LogP contribution is 2.36. The summed E-state index contributed by atoms with van der Waals surface area (Å²) in [5.74, 6) is -0.908. The van der Waals surface area contributed by atoms with Gasteiger partial charge in [0.05, 0.1) is 15.5 Å². The minimum absolute atomic E-state index is 0.0411. The maximum atomic E-state index is 13.6. The Bertz CT molecular complexity index is 1110. The van der Waals surface area contributed by atoms with Gasteiger partial charge in [-0.25, -0.2) is 12.8 Å².